The Hall–Kier alpha value is -0.450. The lowest BCUT2D eigenvalue weighted by molar-refractivity contribution is 0.221. The van der Waals surface area contributed by atoms with Crippen molar-refractivity contribution in [2.45, 2.75) is 53.6 Å². The largest absolute Gasteiger partial charge is 0.314 e. The summed E-state index contributed by atoms with van der Waals surface area (Å²) in [6.07, 6.45) is 1.19. The van der Waals surface area contributed by atoms with Crippen LogP contribution in [0.3, 0.4) is 0 Å². The van der Waals surface area contributed by atoms with Crippen molar-refractivity contribution in [3.63, 3.8) is 0 Å². The number of nitrogens with one attached hydrogen (secondary N) is 1. The third-order valence-electron chi connectivity index (χ3n) is 3.55. The fourth-order valence-corrected chi connectivity index (χ4v) is 3.10. The van der Waals surface area contributed by atoms with E-state index >= 15 is 0 Å². The van der Waals surface area contributed by atoms with Gasteiger partial charge in [0.15, 0.2) is 0 Å². The molecule has 0 fully saturated rings. The van der Waals surface area contributed by atoms with Gasteiger partial charge < -0.3 is 10.2 Å². The van der Waals surface area contributed by atoms with Crippen LogP contribution in [0.5, 0.6) is 0 Å². The van der Waals surface area contributed by atoms with Crippen molar-refractivity contribution >= 4 is 11.3 Å². The zero-order chi connectivity index (χ0) is 14.5. The van der Waals surface area contributed by atoms with E-state index in [0.29, 0.717) is 11.5 Å². The first kappa shape index (κ1) is 16.6. The summed E-state index contributed by atoms with van der Waals surface area (Å²) in [5.41, 5.74) is 3.43. The number of rotatable bonds is 7. The number of aromatic nitrogens is 1. The van der Waals surface area contributed by atoms with Gasteiger partial charge in [-0.2, -0.15) is 0 Å². The number of hydrogen-bond acceptors (Lipinski definition) is 4. The maximum absolute atomic E-state index is 4.31. The number of aryl methyl sites for hydroxylation is 1. The Balaban J connectivity index is 2.44. The Morgan fingerprint density at radius 1 is 1.42 bits per heavy atom. The summed E-state index contributed by atoms with van der Waals surface area (Å²) in [6.45, 7) is 14.4. The molecule has 1 aromatic heterocycles. The molecule has 0 saturated carbocycles. The highest BCUT2D eigenvalue weighted by molar-refractivity contribution is 7.09. The zero-order valence-corrected chi connectivity index (χ0v) is 14.1. The highest BCUT2D eigenvalue weighted by Crippen LogP contribution is 2.22. The van der Waals surface area contributed by atoms with E-state index in [9.17, 15) is 0 Å². The molecule has 3 nitrogen and oxygen atoms in total. The van der Waals surface area contributed by atoms with Gasteiger partial charge in [0.1, 0.15) is 0 Å². The monoisotopic (exact) mass is 283 g/mol. The van der Waals surface area contributed by atoms with E-state index in [1.165, 1.54) is 17.0 Å². The first-order chi connectivity index (χ1) is 8.84. The Morgan fingerprint density at radius 3 is 2.58 bits per heavy atom. The lowest BCUT2D eigenvalue weighted by atomic mass is 9.84. The van der Waals surface area contributed by atoms with Gasteiger partial charge in [0, 0.05) is 17.5 Å². The molecule has 1 unspecified atom stereocenters. The van der Waals surface area contributed by atoms with Crippen LogP contribution in [0.15, 0.2) is 5.51 Å². The molecule has 0 amide bonds. The molecule has 0 aromatic carbocycles. The van der Waals surface area contributed by atoms with Gasteiger partial charge in [0.2, 0.25) is 0 Å². The highest BCUT2D eigenvalue weighted by Gasteiger charge is 2.23. The number of nitrogens with zero attached hydrogens (tertiary/aromatic N) is 2. The molecule has 1 aromatic rings. The van der Waals surface area contributed by atoms with Crippen LogP contribution < -0.4 is 5.32 Å². The smallest absolute Gasteiger partial charge is 0.0798 e. The quantitative estimate of drug-likeness (QED) is 0.832. The standard InChI is InChI=1S/C15H29N3S/c1-7-16-14(15(3,4)5)8-9-18(6)10-13-12(2)17-11-19-13/h11,14,16H,7-10H2,1-6H3. The maximum Gasteiger partial charge on any atom is 0.0798 e. The second-order valence-electron chi connectivity index (χ2n) is 6.36. The molecule has 110 valence electrons. The molecule has 4 heteroatoms. The molecule has 1 rings (SSSR count). The first-order valence-corrected chi connectivity index (χ1v) is 8.03. The molecule has 0 saturated heterocycles. The Bertz CT molecular complexity index is 368. The van der Waals surface area contributed by atoms with Crippen molar-refractivity contribution in [3.8, 4) is 0 Å². The lowest BCUT2D eigenvalue weighted by Gasteiger charge is -2.32. The van der Waals surface area contributed by atoms with Crippen molar-refractivity contribution in [1.82, 2.24) is 15.2 Å². The average Bonchev–Trinajstić information content (AvgIpc) is 2.69. The summed E-state index contributed by atoms with van der Waals surface area (Å²) in [6, 6.07) is 0.572. The predicted molar refractivity (Wildman–Crippen MR) is 84.7 cm³/mol. The normalized spacial score (nSPS) is 14.1. The Kier molecular flexibility index (Phi) is 6.43. The van der Waals surface area contributed by atoms with Crippen LogP contribution in [0.25, 0.3) is 0 Å². The zero-order valence-electron chi connectivity index (χ0n) is 13.3. The van der Waals surface area contributed by atoms with E-state index in [-0.39, 0.29) is 0 Å². The minimum absolute atomic E-state index is 0.317. The van der Waals surface area contributed by atoms with Gasteiger partial charge in [0.25, 0.3) is 0 Å². The van der Waals surface area contributed by atoms with Gasteiger partial charge in [0.05, 0.1) is 11.2 Å². The molecule has 0 aliphatic rings. The summed E-state index contributed by atoms with van der Waals surface area (Å²) < 4.78 is 0. The molecule has 19 heavy (non-hydrogen) atoms. The first-order valence-electron chi connectivity index (χ1n) is 7.15. The lowest BCUT2D eigenvalue weighted by Crippen LogP contribution is -2.42. The molecule has 1 atom stereocenters. The van der Waals surface area contributed by atoms with Crippen molar-refractivity contribution < 1.29 is 0 Å². The summed E-state index contributed by atoms with van der Waals surface area (Å²) in [5, 5.41) is 3.61. The van der Waals surface area contributed by atoms with E-state index < -0.39 is 0 Å². The third-order valence-corrected chi connectivity index (χ3v) is 4.47. The molecular formula is C15H29N3S. The fourth-order valence-electron chi connectivity index (χ4n) is 2.24. The highest BCUT2D eigenvalue weighted by atomic mass is 32.1. The summed E-state index contributed by atoms with van der Waals surface area (Å²) in [4.78, 5) is 8.10. The molecular weight excluding hydrogens is 254 g/mol. The van der Waals surface area contributed by atoms with Gasteiger partial charge in [-0.05, 0) is 38.9 Å². The molecule has 0 bridgehead atoms. The number of hydrogen-bond donors (Lipinski definition) is 1. The van der Waals surface area contributed by atoms with Crippen molar-refractivity contribution in [3.05, 3.63) is 16.1 Å². The molecule has 0 aliphatic heterocycles. The van der Waals surface area contributed by atoms with Gasteiger partial charge in [-0.25, -0.2) is 4.98 Å². The van der Waals surface area contributed by atoms with Gasteiger partial charge in [-0.1, -0.05) is 27.7 Å². The van der Waals surface area contributed by atoms with Crippen LogP contribution in [0.1, 0.15) is 44.7 Å². The number of thiazole rings is 1. The van der Waals surface area contributed by atoms with Gasteiger partial charge in [-0.3, -0.25) is 0 Å². The van der Waals surface area contributed by atoms with Crippen molar-refractivity contribution in [2.24, 2.45) is 5.41 Å². The Morgan fingerprint density at radius 2 is 2.11 bits per heavy atom. The van der Waals surface area contributed by atoms with E-state index in [4.69, 9.17) is 0 Å². The molecule has 0 spiro atoms. The molecule has 1 N–H and O–H groups in total. The van der Waals surface area contributed by atoms with E-state index in [2.05, 4.69) is 56.9 Å². The van der Waals surface area contributed by atoms with Crippen LogP contribution in [-0.2, 0) is 6.54 Å². The van der Waals surface area contributed by atoms with Crippen molar-refractivity contribution in [1.29, 1.82) is 0 Å². The minimum Gasteiger partial charge on any atom is -0.314 e. The summed E-state index contributed by atoms with van der Waals surface area (Å²) in [7, 11) is 2.20. The second-order valence-corrected chi connectivity index (χ2v) is 7.30. The fraction of sp³-hybridized carbons (Fsp3) is 0.800. The molecule has 0 radical (unpaired) electrons. The van der Waals surface area contributed by atoms with Gasteiger partial charge >= 0.3 is 0 Å². The topological polar surface area (TPSA) is 28.2 Å². The summed E-state index contributed by atoms with van der Waals surface area (Å²) >= 11 is 1.76. The minimum atomic E-state index is 0.317. The van der Waals surface area contributed by atoms with Crippen molar-refractivity contribution in [2.75, 3.05) is 20.1 Å². The third kappa shape index (κ3) is 5.59. The van der Waals surface area contributed by atoms with Crippen LogP contribution >= 0.6 is 11.3 Å². The second kappa shape index (κ2) is 7.36. The average molecular weight is 283 g/mol. The van der Waals surface area contributed by atoms with Crippen LogP contribution in [0, 0.1) is 12.3 Å². The van der Waals surface area contributed by atoms with Gasteiger partial charge in [-0.15, -0.1) is 11.3 Å². The molecule has 0 aliphatic carbocycles. The summed E-state index contributed by atoms with van der Waals surface area (Å²) in [5.74, 6) is 0. The van der Waals surface area contributed by atoms with E-state index in [0.717, 1.165) is 19.6 Å². The van der Waals surface area contributed by atoms with Crippen LogP contribution in [0.2, 0.25) is 0 Å². The Labute approximate surface area is 122 Å². The van der Waals surface area contributed by atoms with E-state index in [1.54, 1.807) is 11.3 Å². The maximum atomic E-state index is 4.31. The molecule has 1 heterocycles. The predicted octanol–water partition coefficient (Wildman–Crippen LogP) is 3.30. The SMILES string of the molecule is CCNC(CCN(C)Cc1scnc1C)C(C)(C)C. The van der Waals surface area contributed by atoms with E-state index in [1.807, 2.05) is 5.51 Å². The van der Waals surface area contributed by atoms with Crippen LogP contribution in [0.4, 0.5) is 0 Å². The van der Waals surface area contributed by atoms with Crippen LogP contribution in [-0.4, -0.2) is 36.1 Å².